The van der Waals surface area contributed by atoms with Gasteiger partial charge in [0, 0.05) is 25.8 Å². The van der Waals surface area contributed by atoms with E-state index in [1.165, 1.54) is 28.3 Å². The molecule has 0 aliphatic heterocycles. The largest absolute Gasteiger partial charge is 0.355 e. The molecule has 28 heavy (non-hydrogen) atoms. The molecule has 0 spiro atoms. The maximum absolute atomic E-state index is 12.8. The molecule has 1 unspecified atom stereocenters. The Morgan fingerprint density at radius 2 is 1.89 bits per heavy atom. The first kappa shape index (κ1) is 22.6. The van der Waals surface area contributed by atoms with E-state index < -0.39 is 10.0 Å². The summed E-state index contributed by atoms with van der Waals surface area (Å²) in [5.41, 5.74) is 0.536. The van der Waals surface area contributed by atoms with Gasteiger partial charge in [0.1, 0.15) is 0 Å². The van der Waals surface area contributed by atoms with Crippen LogP contribution in [0.2, 0.25) is 0 Å². The summed E-state index contributed by atoms with van der Waals surface area (Å²) in [4.78, 5) is 12.5. The lowest BCUT2D eigenvalue weighted by Crippen LogP contribution is -2.32. The van der Waals surface area contributed by atoms with Crippen LogP contribution in [0.1, 0.15) is 41.0 Å². The summed E-state index contributed by atoms with van der Waals surface area (Å²) < 4.78 is 28.6. The maximum atomic E-state index is 12.8. The van der Waals surface area contributed by atoms with E-state index in [0.29, 0.717) is 36.4 Å². The van der Waals surface area contributed by atoms with E-state index in [9.17, 15) is 13.2 Å². The predicted octanol–water partition coefficient (Wildman–Crippen LogP) is 2.40. The number of carbonyl (C=O) groups is 1. The van der Waals surface area contributed by atoms with Crippen molar-refractivity contribution in [3.8, 4) is 0 Å². The third-order valence-corrected chi connectivity index (χ3v) is 7.45. The van der Waals surface area contributed by atoms with Crippen molar-refractivity contribution in [1.29, 1.82) is 0 Å². The summed E-state index contributed by atoms with van der Waals surface area (Å²) >= 11 is 1.25. The molecule has 1 atom stereocenters. The smallest absolute Gasteiger partial charge is 0.244 e. The summed E-state index contributed by atoms with van der Waals surface area (Å²) in [5, 5.41) is 11.2. The molecule has 0 aliphatic rings. The van der Waals surface area contributed by atoms with Gasteiger partial charge in [-0.25, -0.2) is 8.42 Å². The van der Waals surface area contributed by atoms with Gasteiger partial charge in [-0.3, -0.25) is 9.20 Å². The molecule has 10 heteroatoms. The van der Waals surface area contributed by atoms with E-state index in [1.54, 1.807) is 31.2 Å². The van der Waals surface area contributed by atoms with Crippen LogP contribution in [0, 0.1) is 5.92 Å². The van der Waals surface area contributed by atoms with Gasteiger partial charge in [-0.1, -0.05) is 39.5 Å². The van der Waals surface area contributed by atoms with Gasteiger partial charge in [-0.05, 0) is 31.4 Å². The number of hydrogen-bond donors (Lipinski definition) is 1. The molecule has 8 nitrogen and oxygen atoms in total. The van der Waals surface area contributed by atoms with E-state index >= 15 is 0 Å². The van der Waals surface area contributed by atoms with Crippen LogP contribution in [-0.4, -0.2) is 58.1 Å². The van der Waals surface area contributed by atoms with Gasteiger partial charge in [-0.15, -0.1) is 10.2 Å². The van der Waals surface area contributed by atoms with Gasteiger partial charge in [0.25, 0.3) is 0 Å². The fourth-order valence-electron chi connectivity index (χ4n) is 2.64. The minimum atomic E-state index is -3.58. The van der Waals surface area contributed by atoms with E-state index in [4.69, 9.17) is 0 Å². The second-order valence-corrected chi connectivity index (χ2v) is 10.1. The standard InChI is InChI=1S/C18H29N5O3S2/c1-6-22(7-2)28(25,26)15-8-9-16-20-21-18(23(16)12-15)27-14(5)17(24)19-11-10-13(3)4/h8-9,12-14H,6-7,10-11H2,1-5H3,(H,19,24). The Morgan fingerprint density at radius 3 is 2.50 bits per heavy atom. The molecule has 0 radical (unpaired) electrons. The number of fused-ring (bicyclic) bond motifs is 1. The Balaban J connectivity index is 2.21. The molecule has 0 saturated heterocycles. The summed E-state index contributed by atoms with van der Waals surface area (Å²) in [6, 6.07) is 3.16. The summed E-state index contributed by atoms with van der Waals surface area (Å²) in [6.07, 6.45) is 2.44. The third-order valence-electron chi connectivity index (χ3n) is 4.36. The van der Waals surface area contributed by atoms with E-state index in [0.717, 1.165) is 6.42 Å². The highest BCUT2D eigenvalue weighted by atomic mass is 32.2. The van der Waals surface area contributed by atoms with Gasteiger partial charge >= 0.3 is 0 Å². The molecule has 2 heterocycles. The molecule has 1 amide bonds. The summed E-state index contributed by atoms with van der Waals surface area (Å²) in [6.45, 7) is 11.1. The SMILES string of the molecule is CCN(CC)S(=O)(=O)c1ccc2nnc(SC(C)C(=O)NCCC(C)C)n2c1. The van der Waals surface area contributed by atoms with Crippen LogP contribution in [0.15, 0.2) is 28.4 Å². The first-order valence-corrected chi connectivity index (χ1v) is 11.8. The quantitative estimate of drug-likeness (QED) is 0.585. The summed E-state index contributed by atoms with van der Waals surface area (Å²) in [5.74, 6) is 0.448. The van der Waals surface area contributed by atoms with Crippen LogP contribution in [0.25, 0.3) is 5.65 Å². The first-order valence-electron chi connectivity index (χ1n) is 9.50. The van der Waals surface area contributed by atoms with Crippen molar-refractivity contribution in [2.45, 2.75) is 56.3 Å². The van der Waals surface area contributed by atoms with Gasteiger partial charge < -0.3 is 5.32 Å². The number of sulfonamides is 1. The van der Waals surface area contributed by atoms with Crippen molar-refractivity contribution >= 4 is 33.3 Å². The number of pyridine rings is 1. The topological polar surface area (TPSA) is 96.7 Å². The highest BCUT2D eigenvalue weighted by Gasteiger charge is 2.23. The minimum absolute atomic E-state index is 0.0747. The Labute approximate surface area is 171 Å². The molecular weight excluding hydrogens is 398 g/mol. The number of nitrogens with zero attached hydrogens (tertiary/aromatic N) is 4. The second-order valence-electron chi connectivity index (χ2n) is 6.90. The highest BCUT2D eigenvalue weighted by Crippen LogP contribution is 2.24. The molecule has 0 aliphatic carbocycles. The average molecular weight is 428 g/mol. The summed E-state index contributed by atoms with van der Waals surface area (Å²) in [7, 11) is -3.58. The van der Waals surface area contributed by atoms with Gasteiger partial charge in [0.05, 0.1) is 10.1 Å². The van der Waals surface area contributed by atoms with Crippen molar-refractivity contribution in [2.75, 3.05) is 19.6 Å². The van der Waals surface area contributed by atoms with Crippen LogP contribution >= 0.6 is 11.8 Å². The van der Waals surface area contributed by atoms with Gasteiger partial charge in [0.2, 0.25) is 15.9 Å². The van der Waals surface area contributed by atoms with E-state index in [2.05, 4.69) is 29.4 Å². The molecule has 1 N–H and O–H groups in total. The maximum Gasteiger partial charge on any atom is 0.244 e. The van der Waals surface area contributed by atoms with Crippen molar-refractivity contribution in [1.82, 2.24) is 24.2 Å². The Hall–Kier alpha value is -1.65. The lowest BCUT2D eigenvalue weighted by molar-refractivity contribution is -0.120. The lowest BCUT2D eigenvalue weighted by Gasteiger charge is -2.18. The predicted molar refractivity (Wildman–Crippen MR) is 111 cm³/mol. The van der Waals surface area contributed by atoms with Crippen molar-refractivity contribution in [3.05, 3.63) is 18.3 Å². The van der Waals surface area contributed by atoms with Crippen LogP contribution in [0.3, 0.4) is 0 Å². The molecule has 2 rings (SSSR count). The number of aromatic nitrogens is 3. The molecule has 156 valence electrons. The van der Waals surface area contributed by atoms with Gasteiger partial charge in [-0.2, -0.15) is 4.31 Å². The van der Waals surface area contributed by atoms with E-state index in [1.807, 2.05) is 0 Å². The Bertz CT molecular complexity index is 907. The fraction of sp³-hybridized carbons (Fsp3) is 0.611. The fourth-order valence-corrected chi connectivity index (χ4v) is 4.95. The number of rotatable bonds is 10. The van der Waals surface area contributed by atoms with Crippen LogP contribution in [-0.2, 0) is 14.8 Å². The highest BCUT2D eigenvalue weighted by molar-refractivity contribution is 8.00. The van der Waals surface area contributed by atoms with Crippen molar-refractivity contribution in [3.63, 3.8) is 0 Å². The average Bonchev–Trinajstić information content (AvgIpc) is 3.04. The molecule has 0 saturated carbocycles. The molecule has 2 aromatic heterocycles. The third kappa shape index (κ3) is 5.24. The van der Waals surface area contributed by atoms with Gasteiger partial charge in [0.15, 0.2) is 10.8 Å². The number of hydrogen-bond acceptors (Lipinski definition) is 6. The Morgan fingerprint density at radius 1 is 1.21 bits per heavy atom. The molecule has 2 aromatic rings. The molecule has 0 fully saturated rings. The van der Waals surface area contributed by atoms with Crippen LogP contribution in [0.5, 0.6) is 0 Å². The molecular formula is C18H29N5O3S2. The first-order chi connectivity index (χ1) is 13.2. The van der Waals surface area contributed by atoms with Crippen molar-refractivity contribution in [2.24, 2.45) is 5.92 Å². The van der Waals surface area contributed by atoms with Crippen molar-refractivity contribution < 1.29 is 13.2 Å². The lowest BCUT2D eigenvalue weighted by atomic mass is 10.1. The number of nitrogens with one attached hydrogen (secondary N) is 1. The minimum Gasteiger partial charge on any atom is -0.355 e. The Kier molecular flexibility index (Phi) is 7.85. The monoisotopic (exact) mass is 427 g/mol. The number of amides is 1. The van der Waals surface area contributed by atoms with E-state index in [-0.39, 0.29) is 16.1 Å². The van der Waals surface area contributed by atoms with Crippen LogP contribution in [0.4, 0.5) is 0 Å². The molecule has 0 bridgehead atoms. The molecule has 0 aromatic carbocycles. The van der Waals surface area contributed by atoms with Crippen LogP contribution < -0.4 is 5.32 Å². The zero-order valence-corrected chi connectivity index (χ0v) is 18.7. The second kappa shape index (κ2) is 9.71. The zero-order valence-electron chi connectivity index (χ0n) is 17.0. The number of thioether (sulfide) groups is 1. The number of carbonyl (C=O) groups excluding carboxylic acids is 1. The normalized spacial score (nSPS) is 13.4. The zero-order chi connectivity index (χ0) is 20.9.